The Hall–Kier alpha value is -0.670. The molecule has 0 radical (unpaired) electrons. The van der Waals surface area contributed by atoms with Crippen molar-refractivity contribution < 1.29 is 14.3 Å². The van der Waals surface area contributed by atoms with Crippen molar-refractivity contribution in [3.05, 3.63) is 11.1 Å². The molecule has 18 heavy (non-hydrogen) atoms. The second kappa shape index (κ2) is 3.67. The molecule has 2 saturated heterocycles. The van der Waals surface area contributed by atoms with Gasteiger partial charge in [-0.2, -0.15) is 0 Å². The largest absolute Gasteiger partial charge is 0.366 e. The first kappa shape index (κ1) is 12.4. The number of rotatable bonds is 0. The number of Topliss-reactive ketones (excluding diaryl/α,β-unsaturated/α-hetero) is 1. The van der Waals surface area contributed by atoms with Crippen LogP contribution in [-0.4, -0.2) is 29.2 Å². The van der Waals surface area contributed by atoms with Gasteiger partial charge < -0.3 is 9.47 Å². The van der Waals surface area contributed by atoms with Crippen molar-refractivity contribution in [2.75, 3.05) is 0 Å². The van der Waals surface area contributed by atoms with Crippen LogP contribution in [0.2, 0.25) is 0 Å². The third-order valence-corrected chi connectivity index (χ3v) is 4.81. The van der Waals surface area contributed by atoms with Gasteiger partial charge in [-0.3, -0.25) is 4.79 Å². The lowest BCUT2D eigenvalue weighted by molar-refractivity contribution is -0.116. The van der Waals surface area contributed by atoms with Crippen LogP contribution in [0.1, 0.15) is 53.4 Å². The van der Waals surface area contributed by atoms with Gasteiger partial charge in [0.25, 0.3) is 0 Å². The Kier molecular flexibility index (Phi) is 2.52. The molecule has 0 unspecified atom stereocenters. The summed E-state index contributed by atoms with van der Waals surface area (Å²) in [5.41, 5.74) is 1.85. The number of carbonyl (C=O) groups excluding carboxylic acids is 1. The van der Waals surface area contributed by atoms with Crippen LogP contribution in [0.5, 0.6) is 0 Å². The summed E-state index contributed by atoms with van der Waals surface area (Å²) in [6.45, 7) is 8.26. The van der Waals surface area contributed by atoms with Crippen LogP contribution < -0.4 is 0 Å². The van der Waals surface area contributed by atoms with Crippen molar-refractivity contribution >= 4 is 5.78 Å². The van der Waals surface area contributed by atoms with Crippen LogP contribution in [0.15, 0.2) is 11.1 Å². The lowest BCUT2D eigenvalue weighted by Gasteiger charge is -2.14. The third-order valence-electron chi connectivity index (χ3n) is 4.81. The second-order valence-electron chi connectivity index (χ2n) is 6.66. The lowest BCUT2D eigenvalue weighted by atomic mass is 9.85. The number of hydrogen-bond acceptors (Lipinski definition) is 3. The van der Waals surface area contributed by atoms with Gasteiger partial charge in [-0.25, -0.2) is 0 Å². The zero-order valence-electron chi connectivity index (χ0n) is 11.7. The van der Waals surface area contributed by atoms with E-state index in [1.807, 2.05) is 13.8 Å². The summed E-state index contributed by atoms with van der Waals surface area (Å²) in [7, 11) is 0. The van der Waals surface area contributed by atoms with E-state index in [1.165, 1.54) is 0 Å². The van der Waals surface area contributed by atoms with Gasteiger partial charge in [0.15, 0.2) is 5.78 Å². The second-order valence-corrected chi connectivity index (χ2v) is 6.66. The molecular formula is C15H22O3. The standard InChI is InChI=1S/C15H22O3/c1-9(2)10-7-13-14(3,18-13)6-5-12-15(4,17-12)8-11(10)16/h12-13H,5-8H2,1-4H3/t12-,13+,14+,15+/m0/s1. The highest BCUT2D eigenvalue weighted by Crippen LogP contribution is 2.50. The van der Waals surface area contributed by atoms with E-state index in [0.717, 1.165) is 30.4 Å². The fraction of sp³-hybridized carbons (Fsp3) is 0.800. The maximum atomic E-state index is 12.4. The number of allylic oxidation sites excluding steroid dienone is 1. The van der Waals surface area contributed by atoms with Gasteiger partial charge >= 0.3 is 0 Å². The highest BCUT2D eigenvalue weighted by Gasteiger charge is 2.58. The predicted molar refractivity (Wildman–Crippen MR) is 68.4 cm³/mol. The molecule has 0 aromatic rings. The number of ketones is 1. The summed E-state index contributed by atoms with van der Waals surface area (Å²) in [5.74, 6) is 0.250. The van der Waals surface area contributed by atoms with Gasteiger partial charge in [-0.05, 0) is 46.1 Å². The average molecular weight is 250 g/mol. The van der Waals surface area contributed by atoms with E-state index in [4.69, 9.17) is 9.47 Å². The Labute approximate surface area is 109 Å². The third kappa shape index (κ3) is 1.94. The number of ether oxygens (including phenoxy) is 2. The molecule has 0 amide bonds. The normalized spacial score (nSPS) is 47.1. The molecule has 4 atom stereocenters. The molecule has 0 aromatic heterocycles. The molecule has 3 rings (SSSR count). The van der Waals surface area contributed by atoms with Crippen LogP contribution in [0.4, 0.5) is 0 Å². The zero-order valence-corrected chi connectivity index (χ0v) is 11.7. The lowest BCUT2D eigenvalue weighted by Crippen LogP contribution is -2.23. The molecule has 1 aliphatic carbocycles. The van der Waals surface area contributed by atoms with E-state index in [-0.39, 0.29) is 29.2 Å². The van der Waals surface area contributed by atoms with E-state index in [2.05, 4.69) is 13.8 Å². The van der Waals surface area contributed by atoms with Crippen LogP contribution in [-0.2, 0) is 14.3 Å². The van der Waals surface area contributed by atoms with Crippen molar-refractivity contribution in [3.8, 4) is 0 Å². The monoisotopic (exact) mass is 250 g/mol. The molecular weight excluding hydrogens is 228 g/mol. The maximum absolute atomic E-state index is 12.4. The fourth-order valence-corrected chi connectivity index (χ4v) is 3.20. The Morgan fingerprint density at radius 1 is 1.17 bits per heavy atom. The first-order valence-corrected chi connectivity index (χ1v) is 6.89. The van der Waals surface area contributed by atoms with E-state index >= 15 is 0 Å². The molecule has 3 fully saturated rings. The number of carbonyl (C=O) groups is 1. The predicted octanol–water partition coefficient (Wildman–Crippen LogP) is 2.78. The Balaban J connectivity index is 1.86. The summed E-state index contributed by atoms with van der Waals surface area (Å²) in [6.07, 6.45) is 3.84. The van der Waals surface area contributed by atoms with Crippen molar-refractivity contribution in [2.24, 2.45) is 0 Å². The minimum absolute atomic E-state index is 0.0226. The topological polar surface area (TPSA) is 42.1 Å². The molecule has 3 heteroatoms. The summed E-state index contributed by atoms with van der Waals surface area (Å²) in [5, 5.41) is 0. The minimum atomic E-state index is -0.212. The van der Waals surface area contributed by atoms with Crippen LogP contribution in [0.3, 0.4) is 0 Å². The van der Waals surface area contributed by atoms with Crippen LogP contribution in [0, 0.1) is 0 Å². The number of epoxide rings is 2. The van der Waals surface area contributed by atoms with Crippen molar-refractivity contribution in [1.82, 2.24) is 0 Å². The van der Waals surface area contributed by atoms with Gasteiger partial charge in [0.2, 0.25) is 0 Å². The quantitative estimate of drug-likeness (QED) is 0.490. The molecule has 2 heterocycles. The molecule has 2 aliphatic heterocycles. The van der Waals surface area contributed by atoms with Crippen molar-refractivity contribution in [3.63, 3.8) is 0 Å². The Morgan fingerprint density at radius 3 is 2.50 bits per heavy atom. The van der Waals surface area contributed by atoms with Crippen LogP contribution >= 0.6 is 0 Å². The molecule has 100 valence electrons. The molecule has 1 saturated carbocycles. The summed E-state index contributed by atoms with van der Waals surface area (Å²) < 4.78 is 11.6. The van der Waals surface area contributed by atoms with E-state index < -0.39 is 0 Å². The van der Waals surface area contributed by atoms with Crippen LogP contribution in [0.25, 0.3) is 0 Å². The molecule has 0 bridgehead atoms. The first-order chi connectivity index (χ1) is 8.34. The molecule has 3 nitrogen and oxygen atoms in total. The summed E-state index contributed by atoms with van der Waals surface area (Å²) in [6, 6.07) is 0. The smallest absolute Gasteiger partial charge is 0.161 e. The van der Waals surface area contributed by atoms with E-state index in [1.54, 1.807) is 0 Å². The van der Waals surface area contributed by atoms with E-state index in [9.17, 15) is 4.79 Å². The van der Waals surface area contributed by atoms with Gasteiger partial charge in [-0.1, -0.05) is 5.57 Å². The Bertz CT molecular complexity index is 435. The van der Waals surface area contributed by atoms with Crippen molar-refractivity contribution in [2.45, 2.75) is 76.8 Å². The fourth-order valence-electron chi connectivity index (χ4n) is 3.20. The highest BCUT2D eigenvalue weighted by molar-refractivity contribution is 5.97. The van der Waals surface area contributed by atoms with Crippen molar-refractivity contribution in [1.29, 1.82) is 0 Å². The number of hydrogen-bond donors (Lipinski definition) is 0. The SMILES string of the molecule is CC(C)=C1C[C@H]2O[C@]2(C)CC[C@@H]2O[C@]2(C)CC1=O. The molecule has 0 N–H and O–H groups in total. The summed E-state index contributed by atoms with van der Waals surface area (Å²) in [4.78, 5) is 12.4. The minimum Gasteiger partial charge on any atom is -0.366 e. The summed E-state index contributed by atoms with van der Waals surface area (Å²) >= 11 is 0. The molecule has 0 aromatic carbocycles. The van der Waals surface area contributed by atoms with Gasteiger partial charge in [0.05, 0.1) is 23.4 Å². The van der Waals surface area contributed by atoms with Gasteiger partial charge in [0.1, 0.15) is 0 Å². The highest BCUT2D eigenvalue weighted by atomic mass is 16.6. The van der Waals surface area contributed by atoms with E-state index in [0.29, 0.717) is 6.42 Å². The van der Waals surface area contributed by atoms with Gasteiger partial charge in [-0.15, -0.1) is 0 Å². The van der Waals surface area contributed by atoms with Gasteiger partial charge in [0, 0.05) is 12.8 Å². The first-order valence-electron chi connectivity index (χ1n) is 6.89. The molecule has 3 aliphatic rings. The molecule has 0 spiro atoms. The average Bonchev–Trinajstić information content (AvgIpc) is 3.09. The zero-order chi connectivity index (χ0) is 13.1. The Morgan fingerprint density at radius 2 is 1.83 bits per heavy atom. The maximum Gasteiger partial charge on any atom is 0.161 e. The number of fused-ring (bicyclic) bond motifs is 2.